The first kappa shape index (κ1) is 34.4. The molecule has 10 heteroatoms. The van der Waals surface area contributed by atoms with Crippen molar-refractivity contribution in [1.29, 1.82) is 0 Å². The fraction of sp³-hybridized carbons (Fsp3) is 0.378. The van der Waals surface area contributed by atoms with E-state index in [0.29, 0.717) is 42.4 Å². The summed E-state index contributed by atoms with van der Waals surface area (Å²) in [7, 11) is 0. The van der Waals surface area contributed by atoms with Gasteiger partial charge in [-0.25, -0.2) is 13.2 Å². The zero-order chi connectivity index (χ0) is 33.6. The maximum atomic E-state index is 14.1. The van der Waals surface area contributed by atoms with E-state index in [1.807, 2.05) is 33.7 Å². The van der Waals surface area contributed by atoms with E-state index in [2.05, 4.69) is 23.7 Å². The second kappa shape index (κ2) is 15.3. The number of benzene rings is 3. The zero-order valence-corrected chi connectivity index (χ0v) is 28.0. The van der Waals surface area contributed by atoms with Gasteiger partial charge in [0, 0.05) is 49.1 Å². The number of halogens is 3. The standard InChI is InChI=1S/C37H41F3N4O2S/c1-4-42(5-2)21-22-43(23-26-9-13-28(14-10-26)29-15-17-30(18-16-29)37(3,39)40)34(45)24-44-33-8-6-7-32(33)35(46)41-36(44)47-25-27-11-19-31(38)20-12-27/h9-20H,4-8,21-25H2,1-3H3. The van der Waals surface area contributed by atoms with Crippen LogP contribution in [0.5, 0.6) is 0 Å². The summed E-state index contributed by atoms with van der Waals surface area (Å²) in [6.45, 7) is 8.54. The van der Waals surface area contributed by atoms with Crippen LogP contribution < -0.4 is 5.56 Å². The Morgan fingerprint density at radius 2 is 1.51 bits per heavy atom. The number of rotatable bonds is 14. The Kier molecular flexibility index (Phi) is 11.2. The number of aromatic nitrogens is 2. The Hall–Kier alpha value is -3.89. The monoisotopic (exact) mass is 662 g/mol. The highest BCUT2D eigenvalue weighted by molar-refractivity contribution is 7.98. The van der Waals surface area contributed by atoms with Crippen LogP contribution in [0, 0.1) is 5.82 Å². The Bertz CT molecular complexity index is 1720. The molecule has 4 aromatic rings. The van der Waals surface area contributed by atoms with Crippen LogP contribution in [0.4, 0.5) is 13.2 Å². The predicted molar refractivity (Wildman–Crippen MR) is 181 cm³/mol. The molecule has 1 aliphatic carbocycles. The molecule has 0 unspecified atom stereocenters. The van der Waals surface area contributed by atoms with Gasteiger partial charge in [-0.15, -0.1) is 0 Å². The van der Waals surface area contributed by atoms with Crippen LogP contribution in [0.1, 0.15) is 55.1 Å². The molecular weight excluding hydrogens is 621 g/mol. The number of fused-ring (bicyclic) bond motifs is 1. The van der Waals surface area contributed by atoms with Crippen LogP contribution in [0.3, 0.4) is 0 Å². The number of amides is 1. The van der Waals surface area contributed by atoms with Gasteiger partial charge in [-0.05, 0) is 66.7 Å². The molecule has 0 radical (unpaired) electrons. The van der Waals surface area contributed by atoms with E-state index in [1.54, 1.807) is 24.3 Å². The van der Waals surface area contributed by atoms with Gasteiger partial charge in [0.05, 0.1) is 0 Å². The zero-order valence-electron chi connectivity index (χ0n) is 27.1. The van der Waals surface area contributed by atoms with Crippen molar-refractivity contribution in [2.45, 2.75) is 70.0 Å². The van der Waals surface area contributed by atoms with Crippen LogP contribution in [0.25, 0.3) is 11.1 Å². The van der Waals surface area contributed by atoms with Crippen LogP contribution in [-0.2, 0) is 42.4 Å². The van der Waals surface area contributed by atoms with E-state index in [1.165, 1.54) is 36.0 Å². The second-order valence-electron chi connectivity index (χ2n) is 12.0. The van der Waals surface area contributed by atoms with Crippen molar-refractivity contribution in [3.8, 4) is 11.1 Å². The lowest BCUT2D eigenvalue weighted by Crippen LogP contribution is -2.40. The average molecular weight is 663 g/mol. The van der Waals surface area contributed by atoms with Crippen molar-refractivity contribution in [3.05, 3.63) is 117 Å². The Morgan fingerprint density at radius 1 is 0.894 bits per heavy atom. The molecule has 0 spiro atoms. The molecular formula is C37H41F3N4O2S. The SMILES string of the molecule is CCN(CC)CCN(Cc1ccc(-c2ccc(C(C)(F)F)cc2)cc1)C(=O)Cn1c(SCc2ccc(F)cc2)nc(=O)c2c1CCC2. The number of thioether (sulfide) groups is 1. The lowest BCUT2D eigenvalue weighted by Gasteiger charge is -2.28. The highest BCUT2D eigenvalue weighted by atomic mass is 32.2. The number of carbonyl (C=O) groups excluding carboxylic acids is 1. The van der Waals surface area contributed by atoms with Crippen molar-refractivity contribution in [1.82, 2.24) is 19.4 Å². The first-order chi connectivity index (χ1) is 22.5. The molecule has 0 N–H and O–H groups in total. The van der Waals surface area contributed by atoms with Crippen LogP contribution >= 0.6 is 11.8 Å². The number of alkyl halides is 2. The molecule has 1 aliphatic rings. The van der Waals surface area contributed by atoms with Gasteiger partial charge in [0.1, 0.15) is 12.4 Å². The molecule has 0 saturated carbocycles. The number of carbonyl (C=O) groups is 1. The summed E-state index contributed by atoms with van der Waals surface area (Å²) in [4.78, 5) is 35.6. The third kappa shape index (κ3) is 8.73. The first-order valence-corrected chi connectivity index (χ1v) is 17.1. The van der Waals surface area contributed by atoms with Gasteiger partial charge in [0.2, 0.25) is 5.91 Å². The average Bonchev–Trinajstić information content (AvgIpc) is 3.57. The topological polar surface area (TPSA) is 58.4 Å². The van der Waals surface area contributed by atoms with Crippen molar-refractivity contribution < 1.29 is 18.0 Å². The number of nitrogens with zero attached hydrogens (tertiary/aromatic N) is 4. The molecule has 1 aromatic heterocycles. The minimum absolute atomic E-state index is 0.0270. The molecule has 6 nitrogen and oxygen atoms in total. The van der Waals surface area contributed by atoms with Crippen molar-refractivity contribution >= 4 is 17.7 Å². The Morgan fingerprint density at radius 3 is 2.13 bits per heavy atom. The summed E-state index contributed by atoms with van der Waals surface area (Å²) in [5.41, 5.74) is 4.88. The van der Waals surface area contributed by atoms with Gasteiger partial charge in [-0.1, -0.05) is 86.3 Å². The summed E-state index contributed by atoms with van der Waals surface area (Å²) >= 11 is 1.38. The third-order valence-corrected chi connectivity index (χ3v) is 9.81. The van der Waals surface area contributed by atoms with Gasteiger partial charge in [0.25, 0.3) is 11.5 Å². The minimum atomic E-state index is -2.89. The number of hydrogen-bond acceptors (Lipinski definition) is 5. The van der Waals surface area contributed by atoms with Gasteiger partial charge in [0.15, 0.2) is 5.16 Å². The van der Waals surface area contributed by atoms with Crippen LogP contribution in [-0.4, -0.2) is 51.4 Å². The first-order valence-electron chi connectivity index (χ1n) is 16.1. The molecule has 5 rings (SSSR count). The molecule has 1 heterocycles. The van der Waals surface area contributed by atoms with E-state index in [0.717, 1.165) is 60.9 Å². The van der Waals surface area contributed by atoms with Gasteiger partial charge < -0.3 is 14.4 Å². The summed E-state index contributed by atoms with van der Waals surface area (Å²) in [6.07, 6.45) is 2.20. The second-order valence-corrected chi connectivity index (χ2v) is 12.9. The van der Waals surface area contributed by atoms with Gasteiger partial charge in [-0.3, -0.25) is 9.59 Å². The third-order valence-electron chi connectivity index (χ3n) is 8.76. The molecule has 3 aromatic carbocycles. The minimum Gasteiger partial charge on any atom is -0.336 e. The Labute approximate surface area is 278 Å². The van der Waals surface area contributed by atoms with Gasteiger partial charge in [-0.2, -0.15) is 4.98 Å². The normalized spacial score (nSPS) is 12.8. The number of likely N-dealkylation sites (N-methyl/N-ethyl adjacent to an activating group) is 1. The lowest BCUT2D eigenvalue weighted by molar-refractivity contribution is -0.132. The molecule has 0 fully saturated rings. The van der Waals surface area contributed by atoms with E-state index in [-0.39, 0.29) is 29.4 Å². The van der Waals surface area contributed by atoms with Crippen molar-refractivity contribution in [2.75, 3.05) is 26.2 Å². The fourth-order valence-corrected chi connectivity index (χ4v) is 6.86. The number of hydrogen-bond donors (Lipinski definition) is 0. The molecule has 1 amide bonds. The summed E-state index contributed by atoms with van der Waals surface area (Å²) in [6, 6.07) is 20.4. The van der Waals surface area contributed by atoms with Crippen LogP contribution in [0.2, 0.25) is 0 Å². The lowest BCUT2D eigenvalue weighted by atomic mass is 10.0. The highest BCUT2D eigenvalue weighted by Crippen LogP contribution is 2.30. The van der Waals surface area contributed by atoms with Crippen molar-refractivity contribution in [2.24, 2.45) is 0 Å². The largest absolute Gasteiger partial charge is 0.336 e. The van der Waals surface area contributed by atoms with Crippen LogP contribution in [0.15, 0.2) is 82.7 Å². The molecule has 0 saturated heterocycles. The molecule has 47 heavy (non-hydrogen) atoms. The molecule has 0 aliphatic heterocycles. The Balaban J connectivity index is 1.37. The van der Waals surface area contributed by atoms with E-state index in [9.17, 15) is 22.8 Å². The molecule has 0 atom stereocenters. The predicted octanol–water partition coefficient (Wildman–Crippen LogP) is 7.31. The summed E-state index contributed by atoms with van der Waals surface area (Å²) in [5, 5.41) is 0.494. The molecule has 248 valence electrons. The summed E-state index contributed by atoms with van der Waals surface area (Å²) in [5.74, 6) is -2.78. The molecule has 0 bridgehead atoms. The fourth-order valence-electron chi connectivity index (χ4n) is 5.90. The van der Waals surface area contributed by atoms with Crippen molar-refractivity contribution in [3.63, 3.8) is 0 Å². The van der Waals surface area contributed by atoms with Gasteiger partial charge >= 0.3 is 0 Å². The maximum absolute atomic E-state index is 14.1. The quantitative estimate of drug-likeness (QED) is 0.105. The summed E-state index contributed by atoms with van der Waals surface area (Å²) < 4.78 is 42.7. The smallest absolute Gasteiger partial charge is 0.277 e. The van der Waals surface area contributed by atoms with E-state index < -0.39 is 5.92 Å². The van der Waals surface area contributed by atoms with E-state index in [4.69, 9.17) is 0 Å². The maximum Gasteiger partial charge on any atom is 0.277 e. The van der Waals surface area contributed by atoms with E-state index >= 15 is 0 Å². The highest BCUT2D eigenvalue weighted by Gasteiger charge is 2.26.